The van der Waals surface area contributed by atoms with Crippen LogP contribution in [0.1, 0.15) is 24.0 Å². The second-order valence-electron chi connectivity index (χ2n) is 6.83. The molecule has 124 valence electrons. The Morgan fingerprint density at radius 1 is 1.42 bits per heavy atom. The number of carbonyl (C=O) groups is 1. The molecule has 0 aliphatic heterocycles. The molecule has 0 saturated heterocycles. The van der Waals surface area contributed by atoms with E-state index in [0.29, 0.717) is 6.54 Å². The Kier molecular flexibility index (Phi) is 3.63. The van der Waals surface area contributed by atoms with Crippen molar-refractivity contribution in [2.75, 3.05) is 6.54 Å². The van der Waals surface area contributed by atoms with Gasteiger partial charge in [-0.25, -0.2) is 4.98 Å². The Morgan fingerprint density at radius 2 is 2.29 bits per heavy atom. The van der Waals surface area contributed by atoms with Gasteiger partial charge in [0, 0.05) is 42.6 Å². The lowest BCUT2D eigenvalue weighted by Gasteiger charge is -2.15. The second kappa shape index (κ2) is 5.82. The van der Waals surface area contributed by atoms with Gasteiger partial charge in [-0.15, -0.1) is 0 Å². The van der Waals surface area contributed by atoms with Crippen molar-refractivity contribution in [1.82, 2.24) is 19.9 Å². The molecule has 1 amide bonds. The Morgan fingerprint density at radius 3 is 3.04 bits per heavy atom. The van der Waals surface area contributed by atoms with E-state index in [0.717, 1.165) is 25.8 Å². The fourth-order valence-electron chi connectivity index (χ4n) is 3.41. The van der Waals surface area contributed by atoms with E-state index in [-0.39, 0.29) is 11.3 Å². The lowest BCUT2D eigenvalue weighted by molar-refractivity contribution is -0.126. The highest BCUT2D eigenvalue weighted by molar-refractivity contribution is 5.86. The fraction of sp³-hybridized carbons (Fsp3) is 0.368. The molecule has 5 heteroatoms. The minimum absolute atomic E-state index is 0.173. The molecule has 1 saturated carbocycles. The number of aromatic amines is 1. The van der Waals surface area contributed by atoms with Crippen LogP contribution in [0.5, 0.6) is 0 Å². The summed E-state index contributed by atoms with van der Waals surface area (Å²) in [4.78, 5) is 19.9. The van der Waals surface area contributed by atoms with Crippen LogP contribution in [0.3, 0.4) is 0 Å². The quantitative estimate of drug-likeness (QED) is 0.733. The topological polar surface area (TPSA) is 62.7 Å². The molecule has 2 N–H and O–H groups in total. The standard InChI is InChI=1S/C19H22N4O/c1-14-3-2-4-16-15(11-22-17(14)16)5-8-21-18(24)19(6-7-19)12-23-10-9-20-13-23/h2-4,9-11,13,22H,5-8,12H2,1H3,(H,21,24). The van der Waals surface area contributed by atoms with Crippen LogP contribution >= 0.6 is 0 Å². The molecule has 4 rings (SSSR count). The largest absolute Gasteiger partial charge is 0.361 e. The van der Waals surface area contributed by atoms with Gasteiger partial charge in [-0.1, -0.05) is 18.2 Å². The first kappa shape index (κ1) is 15.0. The van der Waals surface area contributed by atoms with E-state index in [4.69, 9.17) is 0 Å². The van der Waals surface area contributed by atoms with Crippen molar-refractivity contribution in [3.63, 3.8) is 0 Å². The summed E-state index contributed by atoms with van der Waals surface area (Å²) in [5, 5.41) is 4.38. The van der Waals surface area contributed by atoms with Gasteiger partial charge in [-0.3, -0.25) is 4.79 Å². The predicted molar refractivity (Wildman–Crippen MR) is 93.6 cm³/mol. The van der Waals surface area contributed by atoms with Crippen LogP contribution in [-0.4, -0.2) is 27.0 Å². The highest BCUT2D eigenvalue weighted by atomic mass is 16.2. The second-order valence-corrected chi connectivity index (χ2v) is 6.83. The molecule has 0 spiro atoms. The number of fused-ring (bicyclic) bond motifs is 1. The van der Waals surface area contributed by atoms with Gasteiger partial charge in [0.25, 0.3) is 0 Å². The van der Waals surface area contributed by atoms with Crippen LogP contribution in [0.25, 0.3) is 10.9 Å². The molecule has 1 aliphatic carbocycles. The number of H-pyrrole nitrogens is 1. The summed E-state index contributed by atoms with van der Waals surface area (Å²) < 4.78 is 2.00. The van der Waals surface area contributed by atoms with Gasteiger partial charge in [0.15, 0.2) is 0 Å². The summed E-state index contributed by atoms with van der Waals surface area (Å²) in [5.74, 6) is 0.173. The van der Waals surface area contributed by atoms with Gasteiger partial charge in [0.1, 0.15) is 0 Å². The number of rotatable bonds is 6. The van der Waals surface area contributed by atoms with Crippen LogP contribution in [-0.2, 0) is 17.8 Å². The average molecular weight is 322 g/mol. The Hall–Kier alpha value is -2.56. The molecule has 0 atom stereocenters. The Labute approximate surface area is 141 Å². The molecule has 2 aromatic heterocycles. The number of hydrogen-bond donors (Lipinski definition) is 2. The maximum atomic E-state index is 12.5. The average Bonchev–Trinajstić information content (AvgIpc) is 2.98. The van der Waals surface area contributed by atoms with E-state index in [1.807, 2.05) is 10.8 Å². The van der Waals surface area contributed by atoms with E-state index in [9.17, 15) is 4.79 Å². The monoisotopic (exact) mass is 322 g/mol. The Balaban J connectivity index is 1.37. The van der Waals surface area contributed by atoms with Gasteiger partial charge in [-0.2, -0.15) is 0 Å². The van der Waals surface area contributed by atoms with Crippen LogP contribution in [0.2, 0.25) is 0 Å². The smallest absolute Gasteiger partial charge is 0.228 e. The molecule has 24 heavy (non-hydrogen) atoms. The van der Waals surface area contributed by atoms with E-state index in [2.05, 4.69) is 46.6 Å². The molecule has 5 nitrogen and oxygen atoms in total. The van der Waals surface area contributed by atoms with Crippen LogP contribution in [0.15, 0.2) is 43.1 Å². The van der Waals surface area contributed by atoms with Gasteiger partial charge in [-0.05, 0) is 37.3 Å². The molecular formula is C19H22N4O. The molecule has 3 aromatic rings. The summed E-state index contributed by atoms with van der Waals surface area (Å²) in [6.07, 6.45) is 10.3. The predicted octanol–water partition coefficient (Wildman–Crippen LogP) is 2.81. The lowest BCUT2D eigenvalue weighted by atomic mass is 10.1. The van der Waals surface area contributed by atoms with E-state index < -0.39 is 0 Å². The number of hydrogen-bond acceptors (Lipinski definition) is 2. The van der Waals surface area contributed by atoms with Crippen LogP contribution in [0, 0.1) is 12.3 Å². The number of para-hydroxylation sites is 1. The van der Waals surface area contributed by atoms with Crippen molar-refractivity contribution in [2.45, 2.75) is 32.7 Å². The van der Waals surface area contributed by atoms with Gasteiger partial charge >= 0.3 is 0 Å². The zero-order chi connectivity index (χ0) is 16.6. The minimum atomic E-state index is -0.225. The van der Waals surface area contributed by atoms with E-state index >= 15 is 0 Å². The maximum Gasteiger partial charge on any atom is 0.228 e. The van der Waals surface area contributed by atoms with Crippen molar-refractivity contribution in [1.29, 1.82) is 0 Å². The molecule has 0 radical (unpaired) electrons. The third kappa shape index (κ3) is 2.70. The zero-order valence-corrected chi connectivity index (χ0v) is 13.9. The number of nitrogens with one attached hydrogen (secondary N) is 2. The van der Waals surface area contributed by atoms with Crippen molar-refractivity contribution >= 4 is 16.8 Å². The first-order chi connectivity index (χ1) is 11.7. The normalized spacial score (nSPS) is 15.5. The molecule has 1 fully saturated rings. The summed E-state index contributed by atoms with van der Waals surface area (Å²) in [5.41, 5.74) is 3.48. The number of carbonyl (C=O) groups excluding carboxylic acids is 1. The summed E-state index contributed by atoms with van der Waals surface area (Å²) in [7, 11) is 0. The van der Waals surface area contributed by atoms with Crippen LogP contribution in [0.4, 0.5) is 0 Å². The number of imidazole rings is 1. The van der Waals surface area contributed by atoms with Crippen LogP contribution < -0.4 is 5.32 Å². The minimum Gasteiger partial charge on any atom is -0.361 e. The highest BCUT2D eigenvalue weighted by Crippen LogP contribution is 2.47. The van der Waals surface area contributed by atoms with Crippen molar-refractivity contribution in [2.24, 2.45) is 5.41 Å². The molecule has 2 heterocycles. The zero-order valence-electron chi connectivity index (χ0n) is 13.9. The number of nitrogens with zero attached hydrogens (tertiary/aromatic N) is 2. The first-order valence-electron chi connectivity index (χ1n) is 8.48. The van der Waals surface area contributed by atoms with Crippen molar-refractivity contribution < 1.29 is 4.79 Å². The van der Waals surface area contributed by atoms with E-state index in [1.165, 1.54) is 22.0 Å². The summed E-state index contributed by atoms with van der Waals surface area (Å²) in [6, 6.07) is 6.33. The van der Waals surface area contributed by atoms with E-state index in [1.54, 1.807) is 12.5 Å². The van der Waals surface area contributed by atoms with Crippen molar-refractivity contribution in [3.8, 4) is 0 Å². The number of benzene rings is 1. The Bertz CT molecular complexity index is 859. The maximum absolute atomic E-state index is 12.5. The van der Waals surface area contributed by atoms with Gasteiger partial charge < -0.3 is 14.9 Å². The highest BCUT2D eigenvalue weighted by Gasteiger charge is 2.49. The first-order valence-corrected chi connectivity index (χ1v) is 8.48. The SMILES string of the molecule is Cc1cccc2c(CCNC(=O)C3(Cn4ccnc4)CC3)c[nH]c12. The summed E-state index contributed by atoms with van der Waals surface area (Å²) >= 11 is 0. The fourth-order valence-corrected chi connectivity index (χ4v) is 3.41. The molecule has 1 aromatic carbocycles. The summed E-state index contributed by atoms with van der Waals surface area (Å²) in [6.45, 7) is 3.51. The molecule has 0 unspecified atom stereocenters. The lowest BCUT2D eigenvalue weighted by Crippen LogP contribution is -2.35. The van der Waals surface area contributed by atoms with Crippen molar-refractivity contribution in [3.05, 3.63) is 54.2 Å². The third-order valence-electron chi connectivity index (χ3n) is 5.07. The number of aromatic nitrogens is 3. The van der Waals surface area contributed by atoms with Gasteiger partial charge in [0.05, 0.1) is 11.7 Å². The number of aryl methyl sites for hydroxylation is 1. The molecular weight excluding hydrogens is 300 g/mol. The van der Waals surface area contributed by atoms with Gasteiger partial charge in [0.2, 0.25) is 5.91 Å². The third-order valence-corrected chi connectivity index (χ3v) is 5.07. The number of amides is 1. The molecule has 1 aliphatic rings. The molecule has 0 bridgehead atoms.